The second-order valence-electron chi connectivity index (χ2n) is 7.02. The van der Waals surface area contributed by atoms with E-state index in [0.717, 1.165) is 29.0 Å². The van der Waals surface area contributed by atoms with E-state index in [9.17, 15) is 4.79 Å². The van der Waals surface area contributed by atoms with Crippen LogP contribution in [0.25, 0.3) is 10.8 Å². The molecule has 0 spiro atoms. The van der Waals surface area contributed by atoms with Gasteiger partial charge < -0.3 is 14.6 Å². The van der Waals surface area contributed by atoms with Gasteiger partial charge in [-0.3, -0.25) is 4.79 Å². The standard InChI is InChI=1S/C24H24N4O2S/c1-3-28-22(15-18-9-6-8-17-7-4-5-10-21(17)18)26-27-24(28)31-16-23(29)25-19-11-13-20(30-2)14-12-19/h4-14H,3,15-16H2,1-2H3,(H,25,29). The minimum atomic E-state index is -0.0866. The zero-order chi connectivity index (χ0) is 21.6. The van der Waals surface area contributed by atoms with Crippen molar-refractivity contribution in [1.82, 2.24) is 14.8 Å². The summed E-state index contributed by atoms with van der Waals surface area (Å²) in [5.74, 6) is 1.83. The van der Waals surface area contributed by atoms with Gasteiger partial charge in [-0.05, 0) is 47.5 Å². The Balaban J connectivity index is 1.43. The maximum absolute atomic E-state index is 12.4. The molecule has 0 saturated carbocycles. The van der Waals surface area contributed by atoms with Crippen molar-refractivity contribution in [2.75, 3.05) is 18.2 Å². The summed E-state index contributed by atoms with van der Waals surface area (Å²) < 4.78 is 7.22. The Hall–Kier alpha value is -3.32. The summed E-state index contributed by atoms with van der Waals surface area (Å²) in [6.45, 7) is 2.81. The third-order valence-electron chi connectivity index (χ3n) is 5.04. The largest absolute Gasteiger partial charge is 0.497 e. The summed E-state index contributed by atoms with van der Waals surface area (Å²) in [5, 5.41) is 14.8. The molecule has 1 heterocycles. The zero-order valence-corrected chi connectivity index (χ0v) is 18.4. The van der Waals surface area contributed by atoms with Crippen LogP contribution in [0, 0.1) is 0 Å². The van der Waals surface area contributed by atoms with Crippen LogP contribution in [0.1, 0.15) is 18.3 Å². The normalized spacial score (nSPS) is 10.9. The molecule has 31 heavy (non-hydrogen) atoms. The number of thioether (sulfide) groups is 1. The number of amides is 1. The number of ether oxygens (including phenoxy) is 1. The number of carbonyl (C=O) groups is 1. The highest BCUT2D eigenvalue weighted by molar-refractivity contribution is 7.99. The summed E-state index contributed by atoms with van der Waals surface area (Å²) in [4.78, 5) is 12.4. The molecule has 3 aromatic carbocycles. The number of nitrogens with zero attached hydrogens (tertiary/aromatic N) is 3. The van der Waals surface area contributed by atoms with E-state index in [1.54, 1.807) is 7.11 Å². The van der Waals surface area contributed by atoms with Crippen molar-refractivity contribution in [1.29, 1.82) is 0 Å². The van der Waals surface area contributed by atoms with Crippen molar-refractivity contribution in [2.24, 2.45) is 0 Å². The summed E-state index contributed by atoms with van der Waals surface area (Å²) in [5.41, 5.74) is 1.95. The predicted octanol–water partition coefficient (Wildman–Crippen LogP) is 4.78. The molecule has 1 amide bonds. The first kappa shape index (κ1) is 20.9. The minimum Gasteiger partial charge on any atom is -0.497 e. The first-order chi connectivity index (χ1) is 15.2. The van der Waals surface area contributed by atoms with E-state index >= 15 is 0 Å². The highest BCUT2D eigenvalue weighted by Gasteiger charge is 2.14. The molecular formula is C24H24N4O2S. The average Bonchev–Trinajstić information content (AvgIpc) is 3.20. The Labute approximate surface area is 185 Å². The van der Waals surface area contributed by atoms with Crippen LogP contribution in [-0.4, -0.2) is 33.5 Å². The Bertz CT molecular complexity index is 1180. The maximum atomic E-state index is 12.4. The van der Waals surface area contributed by atoms with E-state index in [1.165, 1.54) is 28.1 Å². The Morgan fingerprint density at radius 3 is 2.58 bits per heavy atom. The van der Waals surface area contributed by atoms with Gasteiger partial charge in [0.15, 0.2) is 5.16 Å². The summed E-state index contributed by atoms with van der Waals surface area (Å²) in [6, 6.07) is 21.9. The van der Waals surface area contributed by atoms with Gasteiger partial charge in [0.25, 0.3) is 0 Å². The molecule has 7 heteroatoms. The predicted molar refractivity (Wildman–Crippen MR) is 125 cm³/mol. The van der Waals surface area contributed by atoms with Gasteiger partial charge in [0, 0.05) is 18.7 Å². The first-order valence-corrected chi connectivity index (χ1v) is 11.1. The van der Waals surface area contributed by atoms with Crippen LogP contribution in [0.5, 0.6) is 5.75 Å². The Morgan fingerprint density at radius 2 is 1.81 bits per heavy atom. The monoisotopic (exact) mass is 432 g/mol. The van der Waals surface area contributed by atoms with Crippen LogP contribution >= 0.6 is 11.8 Å². The fourth-order valence-corrected chi connectivity index (χ4v) is 4.31. The number of nitrogens with one attached hydrogen (secondary N) is 1. The molecule has 0 aliphatic rings. The zero-order valence-electron chi connectivity index (χ0n) is 17.5. The van der Waals surface area contributed by atoms with Crippen LogP contribution in [0.2, 0.25) is 0 Å². The van der Waals surface area contributed by atoms with Gasteiger partial charge in [0.1, 0.15) is 11.6 Å². The number of methoxy groups -OCH3 is 1. The smallest absolute Gasteiger partial charge is 0.234 e. The van der Waals surface area contributed by atoms with E-state index < -0.39 is 0 Å². The van der Waals surface area contributed by atoms with Gasteiger partial charge in [-0.25, -0.2) is 0 Å². The topological polar surface area (TPSA) is 69.0 Å². The molecule has 0 radical (unpaired) electrons. The molecule has 6 nitrogen and oxygen atoms in total. The number of rotatable bonds is 8. The van der Waals surface area contributed by atoms with Crippen LogP contribution in [0.3, 0.4) is 0 Å². The van der Waals surface area contributed by atoms with Gasteiger partial charge in [-0.15, -0.1) is 10.2 Å². The van der Waals surface area contributed by atoms with Gasteiger partial charge in [0.2, 0.25) is 5.91 Å². The van der Waals surface area contributed by atoms with Gasteiger partial charge in [-0.1, -0.05) is 54.2 Å². The van der Waals surface area contributed by atoms with Crippen LogP contribution < -0.4 is 10.1 Å². The third-order valence-corrected chi connectivity index (χ3v) is 6.01. The molecule has 0 saturated heterocycles. The van der Waals surface area contributed by atoms with Crippen molar-refractivity contribution < 1.29 is 9.53 Å². The van der Waals surface area contributed by atoms with Crippen molar-refractivity contribution in [3.8, 4) is 5.75 Å². The number of hydrogen-bond donors (Lipinski definition) is 1. The average molecular weight is 433 g/mol. The molecule has 1 N–H and O–H groups in total. The van der Waals surface area contributed by atoms with Crippen LogP contribution in [0.15, 0.2) is 71.9 Å². The molecule has 0 fully saturated rings. The van der Waals surface area contributed by atoms with Crippen molar-refractivity contribution in [3.05, 3.63) is 78.1 Å². The number of anilines is 1. The number of hydrogen-bond acceptors (Lipinski definition) is 5. The second kappa shape index (κ2) is 9.66. The second-order valence-corrected chi connectivity index (χ2v) is 7.97. The lowest BCUT2D eigenvalue weighted by molar-refractivity contribution is -0.113. The number of benzene rings is 3. The van der Waals surface area contributed by atoms with Crippen LogP contribution in [0.4, 0.5) is 5.69 Å². The number of carbonyl (C=O) groups excluding carboxylic acids is 1. The summed E-state index contributed by atoms with van der Waals surface area (Å²) >= 11 is 1.39. The van der Waals surface area contributed by atoms with E-state index in [4.69, 9.17) is 4.74 Å². The Morgan fingerprint density at radius 1 is 1.03 bits per heavy atom. The molecular weight excluding hydrogens is 408 g/mol. The highest BCUT2D eigenvalue weighted by Crippen LogP contribution is 2.23. The lowest BCUT2D eigenvalue weighted by atomic mass is 10.0. The first-order valence-electron chi connectivity index (χ1n) is 10.1. The van der Waals surface area contributed by atoms with Crippen molar-refractivity contribution in [3.63, 3.8) is 0 Å². The van der Waals surface area contributed by atoms with E-state index in [0.29, 0.717) is 6.42 Å². The van der Waals surface area contributed by atoms with E-state index in [2.05, 4.69) is 63.4 Å². The lowest BCUT2D eigenvalue weighted by Gasteiger charge is -2.09. The molecule has 0 aliphatic carbocycles. The highest BCUT2D eigenvalue weighted by atomic mass is 32.2. The SMILES string of the molecule is CCn1c(Cc2cccc3ccccc23)nnc1SCC(=O)Nc1ccc(OC)cc1. The fourth-order valence-electron chi connectivity index (χ4n) is 3.49. The maximum Gasteiger partial charge on any atom is 0.234 e. The summed E-state index contributed by atoms with van der Waals surface area (Å²) in [6.07, 6.45) is 0.695. The van der Waals surface area contributed by atoms with Crippen LogP contribution in [-0.2, 0) is 17.8 Å². The van der Waals surface area contributed by atoms with Gasteiger partial charge >= 0.3 is 0 Å². The minimum absolute atomic E-state index is 0.0866. The van der Waals surface area contributed by atoms with Gasteiger partial charge in [-0.2, -0.15) is 0 Å². The molecule has 158 valence electrons. The Kier molecular flexibility index (Phi) is 6.52. The molecule has 1 aromatic heterocycles. The van der Waals surface area contributed by atoms with Gasteiger partial charge in [0.05, 0.1) is 12.9 Å². The lowest BCUT2D eigenvalue weighted by Crippen LogP contribution is -2.14. The number of aromatic nitrogens is 3. The fraction of sp³-hybridized carbons (Fsp3) is 0.208. The molecule has 0 aliphatic heterocycles. The van der Waals surface area contributed by atoms with E-state index in [1.807, 2.05) is 30.3 Å². The molecule has 0 bridgehead atoms. The number of fused-ring (bicyclic) bond motifs is 1. The van der Waals surface area contributed by atoms with E-state index in [-0.39, 0.29) is 11.7 Å². The third kappa shape index (κ3) is 4.88. The van der Waals surface area contributed by atoms with Crippen molar-refractivity contribution >= 4 is 34.1 Å². The molecule has 4 aromatic rings. The molecule has 0 unspecified atom stereocenters. The molecule has 4 rings (SSSR count). The molecule has 0 atom stereocenters. The van der Waals surface area contributed by atoms with Crippen molar-refractivity contribution in [2.45, 2.75) is 25.0 Å². The quantitative estimate of drug-likeness (QED) is 0.406. The summed E-state index contributed by atoms with van der Waals surface area (Å²) in [7, 11) is 1.61.